The molecule has 3 rings (SSSR count). The van der Waals surface area contributed by atoms with Gasteiger partial charge in [-0.15, -0.1) is 0 Å². The number of non-ortho nitro benzene ring substituents is 1. The number of aromatic nitrogens is 2. The summed E-state index contributed by atoms with van der Waals surface area (Å²) in [5.74, 6) is 5.37. The maximum atomic E-state index is 12.3. The highest BCUT2D eigenvalue weighted by atomic mass is 16.6. The lowest BCUT2D eigenvalue weighted by molar-refractivity contribution is -0.384. The Bertz CT molecular complexity index is 1030. The number of nitro benzene ring substituents is 1. The number of aliphatic hydroxyl groups excluding tert-OH is 1. The fraction of sp³-hybridized carbons (Fsp3) is 0.0625. The SMILES string of the molecule is N/N=C(\c1nc2ccc([N+](=O)[O-])cc2[nH]c1=O)[C@@H](O)c1ccccc1. The Hall–Kier alpha value is -3.59. The first-order chi connectivity index (χ1) is 12.0. The maximum absolute atomic E-state index is 12.3. The highest BCUT2D eigenvalue weighted by Crippen LogP contribution is 2.19. The molecule has 0 saturated heterocycles. The number of fused-ring (bicyclic) bond motifs is 1. The molecule has 2 aromatic carbocycles. The van der Waals surface area contributed by atoms with Crippen molar-refractivity contribution in [2.24, 2.45) is 10.9 Å². The van der Waals surface area contributed by atoms with Gasteiger partial charge in [-0.05, 0) is 11.6 Å². The van der Waals surface area contributed by atoms with E-state index in [0.717, 1.165) is 0 Å². The molecule has 126 valence electrons. The number of nitrogens with one attached hydrogen (secondary N) is 1. The van der Waals surface area contributed by atoms with Crippen LogP contribution in [-0.2, 0) is 0 Å². The number of aromatic amines is 1. The molecule has 0 bridgehead atoms. The number of H-pyrrole nitrogens is 1. The Morgan fingerprint density at radius 2 is 2.00 bits per heavy atom. The van der Waals surface area contributed by atoms with Crippen molar-refractivity contribution in [3.63, 3.8) is 0 Å². The van der Waals surface area contributed by atoms with E-state index < -0.39 is 16.6 Å². The summed E-state index contributed by atoms with van der Waals surface area (Å²) in [6.45, 7) is 0. The zero-order chi connectivity index (χ0) is 18.0. The van der Waals surface area contributed by atoms with E-state index in [4.69, 9.17) is 5.84 Å². The molecule has 0 unspecified atom stereocenters. The predicted octanol–water partition coefficient (Wildman–Crippen LogP) is 1.23. The van der Waals surface area contributed by atoms with Gasteiger partial charge in [0.25, 0.3) is 11.2 Å². The van der Waals surface area contributed by atoms with Gasteiger partial charge in [0.15, 0.2) is 5.69 Å². The Balaban J connectivity index is 2.11. The lowest BCUT2D eigenvalue weighted by Gasteiger charge is -2.12. The topological polar surface area (TPSA) is 147 Å². The summed E-state index contributed by atoms with van der Waals surface area (Å²) < 4.78 is 0. The molecule has 1 aromatic heterocycles. The molecule has 0 spiro atoms. The van der Waals surface area contributed by atoms with E-state index >= 15 is 0 Å². The van der Waals surface area contributed by atoms with Gasteiger partial charge in [-0.3, -0.25) is 14.9 Å². The van der Waals surface area contributed by atoms with Crippen molar-refractivity contribution in [1.29, 1.82) is 0 Å². The average molecular weight is 339 g/mol. The third-order valence-electron chi connectivity index (χ3n) is 3.64. The lowest BCUT2D eigenvalue weighted by Crippen LogP contribution is -2.26. The molecule has 0 aliphatic carbocycles. The van der Waals surface area contributed by atoms with Gasteiger partial charge in [0.1, 0.15) is 11.8 Å². The molecule has 0 saturated carbocycles. The molecule has 1 atom stereocenters. The second-order valence-electron chi connectivity index (χ2n) is 5.20. The van der Waals surface area contributed by atoms with Crippen molar-refractivity contribution >= 4 is 22.4 Å². The molecule has 9 nitrogen and oxygen atoms in total. The van der Waals surface area contributed by atoms with Crippen molar-refractivity contribution in [2.45, 2.75) is 6.10 Å². The van der Waals surface area contributed by atoms with Gasteiger partial charge in [-0.1, -0.05) is 30.3 Å². The third-order valence-corrected chi connectivity index (χ3v) is 3.64. The standard InChI is InChI=1S/C16H13N5O4/c17-20-13(15(22)9-4-2-1-3-5-9)14-16(23)19-12-8-10(21(24)25)6-7-11(12)18-14/h1-8,15,22H,17H2,(H,19,23)/b20-13+/t15-/m0/s1. The normalized spacial score (nSPS) is 12.9. The fourth-order valence-corrected chi connectivity index (χ4v) is 2.42. The smallest absolute Gasteiger partial charge is 0.276 e. The van der Waals surface area contributed by atoms with Gasteiger partial charge in [0.2, 0.25) is 0 Å². The van der Waals surface area contributed by atoms with Crippen molar-refractivity contribution in [2.75, 3.05) is 0 Å². The summed E-state index contributed by atoms with van der Waals surface area (Å²) >= 11 is 0. The van der Waals surface area contributed by atoms with E-state index in [1.54, 1.807) is 30.3 Å². The molecular weight excluding hydrogens is 326 g/mol. The summed E-state index contributed by atoms with van der Waals surface area (Å²) in [6, 6.07) is 12.4. The highest BCUT2D eigenvalue weighted by molar-refractivity contribution is 6.03. The molecule has 0 aliphatic rings. The van der Waals surface area contributed by atoms with Crippen molar-refractivity contribution in [3.8, 4) is 0 Å². The number of rotatable bonds is 4. The number of benzene rings is 2. The number of hydrogen-bond acceptors (Lipinski definition) is 7. The predicted molar refractivity (Wildman–Crippen MR) is 91.1 cm³/mol. The van der Waals surface area contributed by atoms with E-state index in [9.17, 15) is 20.0 Å². The zero-order valence-corrected chi connectivity index (χ0v) is 12.8. The lowest BCUT2D eigenvalue weighted by atomic mass is 10.0. The van der Waals surface area contributed by atoms with Gasteiger partial charge in [-0.2, -0.15) is 5.10 Å². The van der Waals surface area contributed by atoms with Gasteiger partial charge in [-0.25, -0.2) is 4.98 Å². The van der Waals surface area contributed by atoms with Crippen LogP contribution in [0.2, 0.25) is 0 Å². The molecule has 0 aliphatic heterocycles. The van der Waals surface area contributed by atoms with Gasteiger partial charge >= 0.3 is 0 Å². The van der Waals surface area contributed by atoms with Gasteiger partial charge in [0.05, 0.1) is 16.0 Å². The molecule has 1 heterocycles. The molecular formula is C16H13N5O4. The van der Waals surface area contributed by atoms with E-state index in [-0.39, 0.29) is 22.6 Å². The van der Waals surface area contributed by atoms with E-state index in [1.807, 2.05) is 0 Å². The van der Waals surface area contributed by atoms with Crippen LogP contribution < -0.4 is 11.4 Å². The van der Waals surface area contributed by atoms with Gasteiger partial charge < -0.3 is 15.9 Å². The summed E-state index contributed by atoms with van der Waals surface area (Å²) in [4.78, 5) is 29.2. The number of aliphatic hydroxyl groups is 1. The maximum Gasteiger partial charge on any atom is 0.276 e. The van der Waals surface area contributed by atoms with Crippen molar-refractivity contribution < 1.29 is 10.0 Å². The van der Waals surface area contributed by atoms with Gasteiger partial charge in [0, 0.05) is 12.1 Å². The van der Waals surface area contributed by atoms with Crippen LogP contribution in [0.3, 0.4) is 0 Å². The molecule has 4 N–H and O–H groups in total. The third kappa shape index (κ3) is 3.08. The molecule has 25 heavy (non-hydrogen) atoms. The van der Waals surface area contributed by atoms with E-state index in [0.29, 0.717) is 11.1 Å². The van der Waals surface area contributed by atoms with Crippen molar-refractivity contribution in [3.05, 3.63) is 80.3 Å². The van der Waals surface area contributed by atoms with Crippen LogP contribution in [0.1, 0.15) is 17.4 Å². The van der Waals surface area contributed by atoms with Crippen LogP contribution in [0.4, 0.5) is 5.69 Å². The fourth-order valence-electron chi connectivity index (χ4n) is 2.42. The Kier molecular flexibility index (Phi) is 4.23. The Morgan fingerprint density at radius 3 is 2.64 bits per heavy atom. The first-order valence-corrected chi connectivity index (χ1v) is 7.21. The molecule has 9 heteroatoms. The summed E-state index contributed by atoms with van der Waals surface area (Å²) in [7, 11) is 0. The summed E-state index contributed by atoms with van der Waals surface area (Å²) in [5, 5.41) is 24.8. The van der Waals surface area contributed by atoms with Crippen LogP contribution in [0.15, 0.2) is 58.4 Å². The Morgan fingerprint density at radius 1 is 1.28 bits per heavy atom. The zero-order valence-electron chi connectivity index (χ0n) is 12.8. The van der Waals surface area contributed by atoms with Crippen LogP contribution in [0.5, 0.6) is 0 Å². The van der Waals surface area contributed by atoms with Crippen LogP contribution >= 0.6 is 0 Å². The molecule has 0 amide bonds. The molecule has 0 fully saturated rings. The summed E-state index contributed by atoms with van der Waals surface area (Å²) in [5.41, 5.74) is -0.0818. The second-order valence-corrected chi connectivity index (χ2v) is 5.20. The van der Waals surface area contributed by atoms with E-state index in [2.05, 4.69) is 15.1 Å². The Labute approximate surface area is 140 Å². The highest BCUT2D eigenvalue weighted by Gasteiger charge is 2.22. The number of hydrogen-bond donors (Lipinski definition) is 3. The monoisotopic (exact) mass is 339 g/mol. The minimum atomic E-state index is -1.24. The minimum Gasteiger partial charge on any atom is -0.382 e. The first kappa shape index (κ1) is 16.3. The van der Waals surface area contributed by atoms with Crippen LogP contribution in [0, 0.1) is 10.1 Å². The number of nitrogens with zero attached hydrogens (tertiary/aromatic N) is 3. The quantitative estimate of drug-likeness (QED) is 0.282. The molecule has 3 aromatic rings. The van der Waals surface area contributed by atoms with Crippen molar-refractivity contribution in [1.82, 2.24) is 9.97 Å². The molecule has 0 radical (unpaired) electrons. The first-order valence-electron chi connectivity index (χ1n) is 7.21. The van der Waals surface area contributed by atoms with Crippen LogP contribution in [0.25, 0.3) is 11.0 Å². The largest absolute Gasteiger partial charge is 0.382 e. The average Bonchev–Trinajstić information content (AvgIpc) is 2.62. The second kappa shape index (κ2) is 6.49. The van der Waals surface area contributed by atoms with Crippen LogP contribution in [-0.4, -0.2) is 25.7 Å². The van der Waals surface area contributed by atoms with E-state index in [1.165, 1.54) is 18.2 Å². The number of hydrazone groups is 1. The number of nitrogens with two attached hydrogens (primary N) is 1. The minimum absolute atomic E-state index is 0.104. The summed E-state index contributed by atoms with van der Waals surface area (Å²) in [6.07, 6.45) is -1.24. The number of nitro groups is 1.